The number of carbonyl (C=O) groups is 1. The highest BCUT2D eigenvalue weighted by atomic mass is 16.2. The maximum absolute atomic E-state index is 11.7. The van der Waals surface area contributed by atoms with Gasteiger partial charge >= 0.3 is 0 Å². The van der Waals surface area contributed by atoms with Crippen LogP contribution in [0.2, 0.25) is 0 Å². The van der Waals surface area contributed by atoms with E-state index in [2.05, 4.69) is 29.1 Å². The lowest BCUT2D eigenvalue weighted by atomic mass is 9.96. The van der Waals surface area contributed by atoms with Gasteiger partial charge in [-0.3, -0.25) is 10.1 Å². The average molecular weight is 210 g/mol. The van der Waals surface area contributed by atoms with E-state index in [1.807, 2.05) is 0 Å². The fourth-order valence-corrected chi connectivity index (χ4v) is 1.43. The predicted octanol–water partition coefficient (Wildman–Crippen LogP) is 0.969. The highest BCUT2D eigenvalue weighted by Crippen LogP contribution is 2.12. The van der Waals surface area contributed by atoms with Gasteiger partial charge < -0.3 is 10.7 Å². The molecular formula is C10H18N4O. The second kappa shape index (κ2) is 5.50. The van der Waals surface area contributed by atoms with Crippen LogP contribution >= 0.6 is 0 Å². The number of hydrogen-bond donors (Lipinski definition) is 3. The van der Waals surface area contributed by atoms with Crippen molar-refractivity contribution in [3.63, 3.8) is 0 Å². The molecule has 0 saturated carbocycles. The molecule has 0 fully saturated rings. The second-order valence-electron chi connectivity index (χ2n) is 3.99. The third-order valence-corrected chi connectivity index (χ3v) is 2.15. The molecule has 0 aromatic carbocycles. The standard InChI is InChI=1S/C10H18N4O/c1-7(2)5-8(6-11)9(15)14-10-12-3-4-13-10/h3-4,7-8H,5-6,11H2,1-2H3,(H2,12,13,14,15). The van der Waals surface area contributed by atoms with E-state index in [0.29, 0.717) is 18.4 Å². The Kier molecular flexibility index (Phi) is 4.30. The van der Waals surface area contributed by atoms with Gasteiger partial charge in [0.2, 0.25) is 11.9 Å². The topological polar surface area (TPSA) is 83.8 Å². The fraction of sp³-hybridized carbons (Fsp3) is 0.600. The SMILES string of the molecule is CC(C)CC(CN)C(=O)Nc1ncc[nH]1. The Morgan fingerprint density at radius 1 is 1.67 bits per heavy atom. The number of nitrogens with two attached hydrogens (primary N) is 1. The van der Waals surface area contributed by atoms with E-state index >= 15 is 0 Å². The van der Waals surface area contributed by atoms with Crippen molar-refractivity contribution in [1.29, 1.82) is 0 Å². The molecule has 4 N–H and O–H groups in total. The fourth-order valence-electron chi connectivity index (χ4n) is 1.43. The number of nitrogens with zero attached hydrogens (tertiary/aromatic N) is 1. The van der Waals surface area contributed by atoms with Gasteiger partial charge in [-0.25, -0.2) is 4.98 Å². The van der Waals surface area contributed by atoms with Crippen molar-refractivity contribution in [1.82, 2.24) is 9.97 Å². The molecule has 5 nitrogen and oxygen atoms in total. The van der Waals surface area contributed by atoms with Gasteiger partial charge in [-0.05, 0) is 12.3 Å². The van der Waals surface area contributed by atoms with Crippen LogP contribution in [0.1, 0.15) is 20.3 Å². The Bertz CT molecular complexity index is 294. The number of aromatic amines is 1. The van der Waals surface area contributed by atoms with Gasteiger partial charge in [0.25, 0.3) is 0 Å². The summed E-state index contributed by atoms with van der Waals surface area (Å²) >= 11 is 0. The summed E-state index contributed by atoms with van der Waals surface area (Å²) in [7, 11) is 0. The molecule has 1 aromatic rings. The van der Waals surface area contributed by atoms with Gasteiger partial charge in [0, 0.05) is 18.9 Å². The van der Waals surface area contributed by atoms with Gasteiger partial charge in [0.1, 0.15) is 0 Å². The van der Waals surface area contributed by atoms with Crippen LogP contribution in [0.15, 0.2) is 12.4 Å². The van der Waals surface area contributed by atoms with Crippen molar-refractivity contribution < 1.29 is 4.79 Å². The molecule has 0 aliphatic carbocycles. The van der Waals surface area contributed by atoms with Gasteiger partial charge in [-0.15, -0.1) is 0 Å². The van der Waals surface area contributed by atoms with E-state index in [-0.39, 0.29) is 11.8 Å². The predicted molar refractivity (Wildman–Crippen MR) is 59.2 cm³/mol. The molecule has 1 aromatic heterocycles. The zero-order chi connectivity index (χ0) is 11.3. The van der Waals surface area contributed by atoms with Gasteiger partial charge in [-0.1, -0.05) is 13.8 Å². The van der Waals surface area contributed by atoms with Gasteiger partial charge in [0.15, 0.2) is 0 Å². The summed E-state index contributed by atoms with van der Waals surface area (Å²) in [6.45, 7) is 4.51. The molecule has 1 rings (SSSR count). The Balaban J connectivity index is 2.50. The van der Waals surface area contributed by atoms with Crippen LogP contribution in [-0.4, -0.2) is 22.4 Å². The molecule has 1 amide bonds. The minimum absolute atomic E-state index is 0.0684. The highest BCUT2D eigenvalue weighted by molar-refractivity contribution is 5.91. The third kappa shape index (κ3) is 3.71. The van der Waals surface area contributed by atoms with Crippen molar-refractivity contribution in [2.75, 3.05) is 11.9 Å². The Morgan fingerprint density at radius 2 is 2.40 bits per heavy atom. The van der Waals surface area contributed by atoms with Crippen molar-refractivity contribution in [2.24, 2.45) is 17.6 Å². The zero-order valence-corrected chi connectivity index (χ0v) is 9.16. The summed E-state index contributed by atoms with van der Waals surface area (Å²) in [6, 6.07) is 0. The van der Waals surface area contributed by atoms with Gasteiger partial charge in [0.05, 0.1) is 5.92 Å². The first kappa shape index (κ1) is 11.7. The lowest BCUT2D eigenvalue weighted by molar-refractivity contribution is -0.120. The molecule has 84 valence electrons. The summed E-state index contributed by atoms with van der Waals surface area (Å²) in [5.74, 6) is 0.722. The van der Waals surface area contributed by atoms with E-state index in [4.69, 9.17) is 5.73 Å². The molecule has 0 aliphatic rings. The van der Waals surface area contributed by atoms with E-state index in [9.17, 15) is 4.79 Å². The Morgan fingerprint density at radius 3 is 2.87 bits per heavy atom. The van der Waals surface area contributed by atoms with Crippen LogP contribution in [0.3, 0.4) is 0 Å². The van der Waals surface area contributed by atoms with E-state index in [1.54, 1.807) is 12.4 Å². The van der Waals surface area contributed by atoms with Crippen LogP contribution in [-0.2, 0) is 4.79 Å². The minimum atomic E-state index is -0.143. The zero-order valence-electron chi connectivity index (χ0n) is 9.16. The number of carbonyl (C=O) groups excluding carboxylic acids is 1. The number of hydrogen-bond acceptors (Lipinski definition) is 3. The van der Waals surface area contributed by atoms with Crippen LogP contribution < -0.4 is 11.1 Å². The quantitative estimate of drug-likeness (QED) is 0.677. The molecule has 15 heavy (non-hydrogen) atoms. The molecule has 0 saturated heterocycles. The number of anilines is 1. The van der Waals surface area contributed by atoms with Crippen LogP contribution in [0.25, 0.3) is 0 Å². The number of H-pyrrole nitrogens is 1. The second-order valence-corrected chi connectivity index (χ2v) is 3.99. The van der Waals surface area contributed by atoms with Crippen molar-refractivity contribution in [3.8, 4) is 0 Å². The van der Waals surface area contributed by atoms with Crippen molar-refractivity contribution >= 4 is 11.9 Å². The average Bonchev–Trinajstić information content (AvgIpc) is 2.66. The van der Waals surface area contributed by atoms with Crippen molar-refractivity contribution in [3.05, 3.63) is 12.4 Å². The third-order valence-electron chi connectivity index (χ3n) is 2.15. The number of nitrogens with one attached hydrogen (secondary N) is 2. The molecule has 0 radical (unpaired) electrons. The molecule has 0 bridgehead atoms. The molecule has 0 aliphatic heterocycles. The first-order chi connectivity index (χ1) is 7.13. The number of aromatic nitrogens is 2. The van der Waals surface area contributed by atoms with Gasteiger partial charge in [-0.2, -0.15) is 0 Å². The number of imidazole rings is 1. The number of amides is 1. The maximum atomic E-state index is 11.7. The molecule has 1 atom stereocenters. The molecular weight excluding hydrogens is 192 g/mol. The first-order valence-electron chi connectivity index (χ1n) is 5.13. The van der Waals surface area contributed by atoms with E-state index in [1.165, 1.54) is 0 Å². The molecule has 5 heteroatoms. The lowest BCUT2D eigenvalue weighted by Crippen LogP contribution is -2.30. The smallest absolute Gasteiger partial charge is 0.231 e. The Labute approximate surface area is 89.5 Å². The first-order valence-corrected chi connectivity index (χ1v) is 5.13. The monoisotopic (exact) mass is 210 g/mol. The highest BCUT2D eigenvalue weighted by Gasteiger charge is 2.18. The molecule has 1 heterocycles. The summed E-state index contributed by atoms with van der Waals surface area (Å²) in [5.41, 5.74) is 5.56. The summed E-state index contributed by atoms with van der Waals surface area (Å²) in [6.07, 6.45) is 4.05. The summed E-state index contributed by atoms with van der Waals surface area (Å²) < 4.78 is 0. The van der Waals surface area contributed by atoms with Crippen LogP contribution in [0.5, 0.6) is 0 Å². The lowest BCUT2D eigenvalue weighted by Gasteiger charge is -2.15. The minimum Gasteiger partial charge on any atom is -0.331 e. The number of rotatable bonds is 5. The molecule has 0 spiro atoms. The normalized spacial score (nSPS) is 12.8. The Hall–Kier alpha value is -1.36. The summed E-state index contributed by atoms with van der Waals surface area (Å²) in [5, 5.41) is 2.69. The van der Waals surface area contributed by atoms with E-state index in [0.717, 1.165) is 6.42 Å². The maximum Gasteiger partial charge on any atom is 0.231 e. The largest absolute Gasteiger partial charge is 0.331 e. The van der Waals surface area contributed by atoms with E-state index < -0.39 is 0 Å². The van der Waals surface area contributed by atoms with Crippen LogP contribution in [0.4, 0.5) is 5.95 Å². The van der Waals surface area contributed by atoms with Crippen molar-refractivity contribution in [2.45, 2.75) is 20.3 Å². The summed E-state index contributed by atoms with van der Waals surface area (Å²) in [4.78, 5) is 18.5. The molecule has 1 unspecified atom stereocenters. The van der Waals surface area contributed by atoms with Crippen LogP contribution in [0, 0.1) is 11.8 Å².